The fourth-order valence-corrected chi connectivity index (χ4v) is 1.77. The zero-order chi connectivity index (χ0) is 10.2. The van der Waals surface area contributed by atoms with Crippen LogP contribution in [0, 0.1) is 17.3 Å². The zero-order valence-electron chi connectivity index (χ0n) is 8.17. The van der Waals surface area contributed by atoms with Gasteiger partial charge in [0.25, 0.3) is 0 Å². The standard InChI is InChI=1S/C10H15FO2/c1-4-6(11)5-7-8(9(12)13)10(7,2)3/h5,7-8H,4H2,1-3H3,(H,12,13)/b6-5-/t7-,8-/m0/s1. The van der Waals surface area contributed by atoms with Gasteiger partial charge in [-0.1, -0.05) is 20.8 Å². The number of halogens is 1. The summed E-state index contributed by atoms with van der Waals surface area (Å²) in [5, 5.41) is 8.79. The van der Waals surface area contributed by atoms with Gasteiger partial charge in [0.1, 0.15) is 0 Å². The van der Waals surface area contributed by atoms with Gasteiger partial charge in [-0.3, -0.25) is 4.79 Å². The van der Waals surface area contributed by atoms with Crippen LogP contribution in [0.4, 0.5) is 4.39 Å². The summed E-state index contributed by atoms with van der Waals surface area (Å²) in [5.74, 6) is -1.58. The minimum absolute atomic E-state index is 0.134. The van der Waals surface area contributed by atoms with Crippen molar-refractivity contribution in [2.75, 3.05) is 0 Å². The van der Waals surface area contributed by atoms with E-state index in [1.165, 1.54) is 6.08 Å². The van der Waals surface area contributed by atoms with Crippen LogP contribution < -0.4 is 0 Å². The lowest BCUT2D eigenvalue weighted by Crippen LogP contribution is -2.03. The monoisotopic (exact) mass is 186 g/mol. The Morgan fingerprint density at radius 3 is 2.46 bits per heavy atom. The van der Waals surface area contributed by atoms with E-state index >= 15 is 0 Å². The Kier molecular flexibility index (Phi) is 2.46. The van der Waals surface area contributed by atoms with Crippen molar-refractivity contribution in [3.05, 3.63) is 11.9 Å². The molecule has 1 fully saturated rings. The van der Waals surface area contributed by atoms with Crippen molar-refractivity contribution in [3.63, 3.8) is 0 Å². The molecule has 1 saturated carbocycles. The molecule has 2 atom stereocenters. The minimum atomic E-state index is -0.824. The largest absolute Gasteiger partial charge is 0.481 e. The quantitative estimate of drug-likeness (QED) is 0.735. The molecule has 13 heavy (non-hydrogen) atoms. The molecule has 1 N–H and O–H groups in total. The van der Waals surface area contributed by atoms with Crippen molar-refractivity contribution in [2.24, 2.45) is 17.3 Å². The Labute approximate surface area is 77.4 Å². The number of carboxylic acid groups (broad SMARTS) is 1. The van der Waals surface area contributed by atoms with Gasteiger partial charge in [0.15, 0.2) is 0 Å². The molecule has 1 aliphatic rings. The summed E-state index contributed by atoms with van der Waals surface area (Å²) in [6.45, 7) is 5.43. The summed E-state index contributed by atoms with van der Waals surface area (Å²) < 4.78 is 12.9. The van der Waals surface area contributed by atoms with Crippen LogP contribution in [0.2, 0.25) is 0 Å². The highest BCUT2D eigenvalue weighted by atomic mass is 19.1. The highest BCUT2D eigenvalue weighted by Crippen LogP contribution is 2.59. The lowest BCUT2D eigenvalue weighted by Gasteiger charge is -1.96. The van der Waals surface area contributed by atoms with Gasteiger partial charge >= 0.3 is 5.97 Å². The second-order valence-corrected chi connectivity index (χ2v) is 4.13. The van der Waals surface area contributed by atoms with Gasteiger partial charge in [0, 0.05) is 0 Å². The third kappa shape index (κ3) is 1.74. The normalized spacial score (nSPS) is 31.5. The number of hydrogen-bond donors (Lipinski definition) is 1. The molecule has 0 aromatic rings. The molecule has 0 aromatic carbocycles. The van der Waals surface area contributed by atoms with E-state index in [-0.39, 0.29) is 17.2 Å². The SMILES string of the molecule is CC/C(F)=C/[C@H]1[C@@H](C(=O)O)C1(C)C. The highest BCUT2D eigenvalue weighted by molar-refractivity contribution is 5.76. The fraction of sp³-hybridized carbons (Fsp3) is 0.700. The molecule has 3 heteroatoms. The molecule has 0 bridgehead atoms. The second kappa shape index (κ2) is 3.13. The van der Waals surface area contributed by atoms with Crippen LogP contribution >= 0.6 is 0 Å². The third-order valence-corrected chi connectivity index (χ3v) is 2.87. The molecule has 1 rings (SSSR count). The van der Waals surface area contributed by atoms with Crippen LogP contribution in [-0.2, 0) is 4.79 Å². The number of aliphatic carboxylic acids is 1. The van der Waals surface area contributed by atoms with Crippen molar-refractivity contribution in [3.8, 4) is 0 Å². The molecule has 0 radical (unpaired) electrons. The van der Waals surface area contributed by atoms with E-state index in [1.54, 1.807) is 6.92 Å². The topological polar surface area (TPSA) is 37.3 Å². The van der Waals surface area contributed by atoms with Crippen LogP contribution in [-0.4, -0.2) is 11.1 Å². The van der Waals surface area contributed by atoms with Gasteiger partial charge in [0.05, 0.1) is 11.7 Å². The molecule has 74 valence electrons. The molecule has 0 unspecified atom stereocenters. The number of carbonyl (C=O) groups is 1. The Morgan fingerprint density at radius 1 is 1.62 bits per heavy atom. The molecular formula is C10H15FO2. The molecule has 1 aliphatic carbocycles. The smallest absolute Gasteiger partial charge is 0.307 e. The molecule has 0 aliphatic heterocycles. The molecular weight excluding hydrogens is 171 g/mol. The summed E-state index contributed by atoms with van der Waals surface area (Å²) in [6.07, 6.45) is 1.80. The van der Waals surface area contributed by atoms with Crippen molar-refractivity contribution in [1.82, 2.24) is 0 Å². The molecule has 0 heterocycles. The number of rotatable bonds is 3. The van der Waals surface area contributed by atoms with Crippen molar-refractivity contribution >= 4 is 5.97 Å². The maximum Gasteiger partial charge on any atom is 0.307 e. The van der Waals surface area contributed by atoms with E-state index in [0.717, 1.165) is 0 Å². The van der Waals surface area contributed by atoms with Gasteiger partial charge in [-0.2, -0.15) is 0 Å². The maximum absolute atomic E-state index is 12.9. The van der Waals surface area contributed by atoms with Crippen LogP contribution in [0.15, 0.2) is 11.9 Å². The van der Waals surface area contributed by atoms with Crippen LogP contribution in [0.25, 0.3) is 0 Å². The van der Waals surface area contributed by atoms with Crippen molar-refractivity contribution in [2.45, 2.75) is 27.2 Å². The van der Waals surface area contributed by atoms with Crippen molar-refractivity contribution < 1.29 is 14.3 Å². The Hall–Kier alpha value is -0.860. The average Bonchev–Trinajstić information content (AvgIpc) is 2.53. The van der Waals surface area contributed by atoms with Gasteiger partial charge in [-0.15, -0.1) is 0 Å². The molecule has 2 nitrogen and oxygen atoms in total. The summed E-state index contributed by atoms with van der Waals surface area (Å²) in [7, 11) is 0. The van der Waals surface area contributed by atoms with Gasteiger partial charge in [-0.05, 0) is 23.8 Å². The predicted octanol–water partition coefficient (Wildman–Crippen LogP) is 2.61. The first-order valence-electron chi connectivity index (χ1n) is 4.50. The maximum atomic E-state index is 12.9. The zero-order valence-corrected chi connectivity index (χ0v) is 8.17. The van der Waals surface area contributed by atoms with Crippen LogP contribution in [0.5, 0.6) is 0 Å². The first-order valence-corrected chi connectivity index (χ1v) is 4.50. The van der Waals surface area contributed by atoms with E-state index in [0.29, 0.717) is 6.42 Å². The van der Waals surface area contributed by atoms with E-state index in [1.807, 2.05) is 13.8 Å². The van der Waals surface area contributed by atoms with Crippen molar-refractivity contribution in [1.29, 1.82) is 0 Å². The minimum Gasteiger partial charge on any atom is -0.481 e. The summed E-state index contributed by atoms with van der Waals surface area (Å²) in [5.41, 5.74) is -0.279. The summed E-state index contributed by atoms with van der Waals surface area (Å²) in [4.78, 5) is 10.7. The summed E-state index contributed by atoms with van der Waals surface area (Å²) >= 11 is 0. The first-order chi connectivity index (χ1) is 5.91. The van der Waals surface area contributed by atoms with Crippen LogP contribution in [0.3, 0.4) is 0 Å². The Bertz CT molecular complexity index is 256. The van der Waals surface area contributed by atoms with E-state index in [9.17, 15) is 9.18 Å². The van der Waals surface area contributed by atoms with E-state index in [4.69, 9.17) is 5.11 Å². The Morgan fingerprint density at radius 2 is 2.15 bits per heavy atom. The predicted molar refractivity (Wildman–Crippen MR) is 47.9 cm³/mol. The number of allylic oxidation sites excluding steroid dienone is 2. The van der Waals surface area contributed by atoms with E-state index < -0.39 is 11.9 Å². The molecule has 0 spiro atoms. The second-order valence-electron chi connectivity index (χ2n) is 4.13. The van der Waals surface area contributed by atoms with Crippen LogP contribution in [0.1, 0.15) is 27.2 Å². The first kappa shape index (κ1) is 10.2. The lowest BCUT2D eigenvalue weighted by atomic mass is 10.1. The molecule has 0 saturated heterocycles. The fourth-order valence-electron chi connectivity index (χ4n) is 1.77. The Balaban J connectivity index is 2.71. The molecule has 0 amide bonds. The summed E-state index contributed by atoms with van der Waals surface area (Å²) in [6, 6.07) is 0. The van der Waals surface area contributed by atoms with Gasteiger partial charge in [0.2, 0.25) is 0 Å². The number of hydrogen-bond acceptors (Lipinski definition) is 1. The van der Waals surface area contributed by atoms with E-state index in [2.05, 4.69) is 0 Å². The van der Waals surface area contributed by atoms with Gasteiger partial charge < -0.3 is 5.11 Å². The third-order valence-electron chi connectivity index (χ3n) is 2.87. The van der Waals surface area contributed by atoms with Gasteiger partial charge in [-0.25, -0.2) is 4.39 Å². The average molecular weight is 186 g/mol. The highest BCUT2D eigenvalue weighted by Gasteiger charge is 2.61. The number of carboxylic acids is 1. The lowest BCUT2D eigenvalue weighted by molar-refractivity contribution is -0.139. The molecule has 0 aromatic heterocycles.